The molecule has 3 aromatic carbocycles. The van der Waals surface area contributed by atoms with E-state index in [4.69, 9.17) is 27.9 Å². The highest BCUT2D eigenvalue weighted by Crippen LogP contribution is 2.34. The molecule has 0 bridgehead atoms. The van der Waals surface area contributed by atoms with Gasteiger partial charge >= 0.3 is 0 Å². The highest BCUT2D eigenvalue weighted by atomic mass is 35.5. The summed E-state index contributed by atoms with van der Waals surface area (Å²) in [4.78, 5) is 38.9. The maximum Gasteiger partial charge on any atom is 0.293 e. The summed E-state index contributed by atoms with van der Waals surface area (Å²) < 4.78 is 5.57. The van der Waals surface area contributed by atoms with Crippen LogP contribution < -0.4 is 10.1 Å². The van der Waals surface area contributed by atoms with Crippen molar-refractivity contribution in [1.29, 1.82) is 0 Å². The minimum absolute atomic E-state index is 0.0645. The molecule has 1 fully saturated rings. The number of nitrogens with zero attached hydrogens (tertiary/aromatic N) is 1. The molecule has 36 heavy (non-hydrogen) atoms. The molecule has 1 heterocycles. The topological polar surface area (TPSA) is 75.7 Å². The number of amides is 3. The Bertz CT molecular complexity index is 1370. The zero-order valence-corrected chi connectivity index (χ0v) is 21.8. The lowest BCUT2D eigenvalue weighted by atomic mass is 10.1. The third-order valence-corrected chi connectivity index (χ3v) is 7.05. The Balaban J connectivity index is 1.34. The van der Waals surface area contributed by atoms with E-state index in [1.807, 2.05) is 32.0 Å². The van der Waals surface area contributed by atoms with Crippen LogP contribution in [0.3, 0.4) is 0 Å². The van der Waals surface area contributed by atoms with Crippen LogP contribution in [0.1, 0.15) is 22.3 Å². The molecule has 0 atom stereocenters. The first-order chi connectivity index (χ1) is 17.2. The first kappa shape index (κ1) is 25.8. The van der Waals surface area contributed by atoms with Gasteiger partial charge in [-0.2, -0.15) is 0 Å². The van der Waals surface area contributed by atoms with E-state index in [1.54, 1.807) is 48.5 Å². The third kappa shape index (κ3) is 6.29. The number of ether oxygens (including phenoxy) is 1. The number of nitrogens with one attached hydrogen (secondary N) is 1. The van der Waals surface area contributed by atoms with E-state index in [2.05, 4.69) is 5.32 Å². The van der Waals surface area contributed by atoms with Crippen LogP contribution in [0.15, 0.2) is 65.6 Å². The molecule has 3 aromatic rings. The number of hydrogen-bond donors (Lipinski definition) is 1. The van der Waals surface area contributed by atoms with Crippen molar-refractivity contribution in [2.75, 3.05) is 11.9 Å². The van der Waals surface area contributed by atoms with E-state index in [0.29, 0.717) is 32.0 Å². The molecule has 3 amide bonds. The summed E-state index contributed by atoms with van der Waals surface area (Å²) in [6.07, 6.45) is 1.64. The average molecular weight is 541 g/mol. The van der Waals surface area contributed by atoms with Crippen LogP contribution in [0.25, 0.3) is 6.08 Å². The molecule has 0 saturated carbocycles. The van der Waals surface area contributed by atoms with E-state index < -0.39 is 0 Å². The average Bonchev–Trinajstić information content (AvgIpc) is 3.10. The largest absolute Gasteiger partial charge is 0.484 e. The van der Waals surface area contributed by atoms with E-state index >= 15 is 0 Å². The van der Waals surface area contributed by atoms with Gasteiger partial charge in [-0.25, -0.2) is 0 Å². The smallest absolute Gasteiger partial charge is 0.293 e. The number of carbonyl (C=O) groups excluding carboxylic acids is 3. The Morgan fingerprint density at radius 2 is 1.75 bits per heavy atom. The van der Waals surface area contributed by atoms with Crippen LogP contribution >= 0.6 is 35.0 Å². The molecule has 0 aliphatic carbocycles. The van der Waals surface area contributed by atoms with Gasteiger partial charge in [0.15, 0.2) is 6.61 Å². The molecule has 6 nitrogen and oxygen atoms in total. The second-order valence-electron chi connectivity index (χ2n) is 8.21. The molecule has 0 spiro atoms. The Hall–Kier alpha value is -3.26. The van der Waals surface area contributed by atoms with E-state index in [9.17, 15) is 14.4 Å². The molecule has 0 aromatic heterocycles. The molecule has 4 rings (SSSR count). The van der Waals surface area contributed by atoms with Crippen molar-refractivity contribution in [3.8, 4) is 5.75 Å². The van der Waals surface area contributed by atoms with Gasteiger partial charge in [0.2, 0.25) is 0 Å². The number of benzene rings is 3. The Morgan fingerprint density at radius 1 is 1.00 bits per heavy atom. The fourth-order valence-electron chi connectivity index (χ4n) is 3.43. The molecule has 1 aliphatic heterocycles. The Morgan fingerprint density at radius 3 is 2.44 bits per heavy atom. The van der Waals surface area contributed by atoms with Crippen molar-refractivity contribution in [1.82, 2.24) is 4.90 Å². The molecule has 9 heteroatoms. The van der Waals surface area contributed by atoms with Gasteiger partial charge in [0.05, 0.1) is 11.4 Å². The number of carbonyl (C=O) groups is 3. The van der Waals surface area contributed by atoms with Gasteiger partial charge < -0.3 is 10.1 Å². The van der Waals surface area contributed by atoms with E-state index in [1.165, 1.54) is 0 Å². The monoisotopic (exact) mass is 540 g/mol. The van der Waals surface area contributed by atoms with Gasteiger partial charge in [-0.05, 0) is 90.3 Å². The van der Waals surface area contributed by atoms with Crippen LogP contribution in [0.5, 0.6) is 5.75 Å². The predicted octanol–water partition coefficient (Wildman–Crippen LogP) is 6.86. The fraction of sp³-hybridized carbons (Fsp3) is 0.148. The lowest BCUT2D eigenvalue weighted by molar-refractivity contribution is -0.123. The minimum Gasteiger partial charge on any atom is -0.484 e. The lowest BCUT2D eigenvalue weighted by Gasteiger charge is -2.13. The Labute approximate surface area is 223 Å². The first-order valence-electron chi connectivity index (χ1n) is 11.0. The summed E-state index contributed by atoms with van der Waals surface area (Å²) in [5, 5.41) is 3.31. The summed E-state index contributed by atoms with van der Waals surface area (Å²) in [6.45, 7) is 3.92. The summed E-state index contributed by atoms with van der Waals surface area (Å²) in [5.74, 6) is -0.149. The molecule has 1 saturated heterocycles. The number of thioether (sulfide) groups is 1. The second-order valence-corrected chi connectivity index (χ2v) is 10.0. The maximum atomic E-state index is 12.8. The van der Waals surface area contributed by atoms with Crippen LogP contribution in [-0.2, 0) is 16.1 Å². The molecule has 184 valence electrons. The highest BCUT2D eigenvalue weighted by Gasteiger charge is 2.35. The van der Waals surface area contributed by atoms with Gasteiger partial charge in [-0.1, -0.05) is 47.5 Å². The zero-order chi connectivity index (χ0) is 25.8. The number of anilines is 1. The predicted molar refractivity (Wildman–Crippen MR) is 144 cm³/mol. The third-order valence-electron chi connectivity index (χ3n) is 5.56. The van der Waals surface area contributed by atoms with Gasteiger partial charge in [0, 0.05) is 15.7 Å². The molecule has 1 N–H and O–H groups in total. The van der Waals surface area contributed by atoms with Crippen molar-refractivity contribution in [2.24, 2.45) is 0 Å². The van der Waals surface area contributed by atoms with Gasteiger partial charge in [-0.15, -0.1) is 0 Å². The number of rotatable bonds is 7. The number of halogens is 2. The number of aryl methyl sites for hydroxylation is 2. The van der Waals surface area contributed by atoms with Gasteiger partial charge in [-0.3, -0.25) is 19.3 Å². The lowest BCUT2D eigenvalue weighted by Crippen LogP contribution is -2.27. The van der Waals surface area contributed by atoms with Crippen LogP contribution in [0, 0.1) is 13.8 Å². The van der Waals surface area contributed by atoms with Crippen LogP contribution in [0.4, 0.5) is 10.5 Å². The highest BCUT2D eigenvalue weighted by molar-refractivity contribution is 8.18. The minimum atomic E-state index is -0.389. The molecule has 0 unspecified atom stereocenters. The molecular weight excluding hydrogens is 519 g/mol. The van der Waals surface area contributed by atoms with Crippen LogP contribution in [0.2, 0.25) is 10.0 Å². The second kappa shape index (κ2) is 11.2. The Kier molecular flexibility index (Phi) is 8.04. The van der Waals surface area contributed by atoms with Crippen molar-refractivity contribution in [3.63, 3.8) is 0 Å². The van der Waals surface area contributed by atoms with Crippen molar-refractivity contribution in [2.45, 2.75) is 20.4 Å². The standard InChI is InChI=1S/C27H22Cl2N2O4S/c1-16-3-8-21(11-17(16)2)30-25(32)15-35-22-9-4-18(5-10-22)12-24-26(33)31(27(34)36-24)14-19-6-7-20(28)13-23(19)29/h3-13H,14-15H2,1-2H3,(H,30,32)/b24-12-. The van der Waals surface area contributed by atoms with Crippen molar-refractivity contribution < 1.29 is 19.1 Å². The fourth-order valence-corrected chi connectivity index (χ4v) is 4.74. The van der Waals surface area contributed by atoms with E-state index in [0.717, 1.165) is 33.4 Å². The van der Waals surface area contributed by atoms with Gasteiger partial charge in [0.25, 0.3) is 17.1 Å². The molecule has 1 aliphatic rings. The molecule has 0 radical (unpaired) electrons. The number of hydrogen-bond acceptors (Lipinski definition) is 5. The summed E-state index contributed by atoms with van der Waals surface area (Å²) >= 11 is 13.0. The van der Waals surface area contributed by atoms with Crippen LogP contribution in [-0.4, -0.2) is 28.6 Å². The van der Waals surface area contributed by atoms with Crippen molar-refractivity contribution >= 4 is 63.8 Å². The first-order valence-corrected chi connectivity index (χ1v) is 12.6. The van der Waals surface area contributed by atoms with Gasteiger partial charge in [0.1, 0.15) is 5.75 Å². The quantitative estimate of drug-likeness (QED) is 0.331. The summed E-state index contributed by atoms with van der Waals surface area (Å²) in [6, 6.07) is 17.5. The summed E-state index contributed by atoms with van der Waals surface area (Å²) in [5.41, 5.74) is 4.31. The summed E-state index contributed by atoms with van der Waals surface area (Å²) in [7, 11) is 0. The van der Waals surface area contributed by atoms with Crippen molar-refractivity contribution in [3.05, 3.63) is 97.9 Å². The number of imide groups is 1. The normalized spacial score (nSPS) is 14.4. The zero-order valence-electron chi connectivity index (χ0n) is 19.5. The maximum absolute atomic E-state index is 12.8. The molecular formula is C27H22Cl2N2O4S. The van der Waals surface area contributed by atoms with E-state index in [-0.39, 0.29) is 30.2 Å². The SMILES string of the molecule is Cc1ccc(NC(=O)COc2ccc(/C=C3\SC(=O)N(Cc4ccc(Cl)cc4Cl)C3=O)cc2)cc1C.